The number of nitrogens with one attached hydrogen (secondary N) is 1. The first kappa shape index (κ1) is 21.5. The van der Waals surface area contributed by atoms with Gasteiger partial charge in [-0.1, -0.05) is 29.8 Å². The SMILES string of the molecule is Cc1cc(Cl)ccc1N(CC(=O)N[C@@H]1CC(C)(C)Oc2ccccc21)S(C)(=O)=O. The highest BCUT2D eigenvalue weighted by molar-refractivity contribution is 7.92. The average Bonchev–Trinajstić information content (AvgIpc) is 2.58. The van der Waals surface area contributed by atoms with Gasteiger partial charge in [-0.3, -0.25) is 9.10 Å². The number of sulfonamides is 1. The van der Waals surface area contributed by atoms with E-state index in [2.05, 4.69) is 5.32 Å². The summed E-state index contributed by atoms with van der Waals surface area (Å²) < 4.78 is 31.9. The topological polar surface area (TPSA) is 75.7 Å². The van der Waals surface area contributed by atoms with E-state index in [0.717, 1.165) is 21.9 Å². The van der Waals surface area contributed by atoms with Crippen LogP contribution in [0.25, 0.3) is 0 Å². The van der Waals surface area contributed by atoms with Crippen LogP contribution in [0.1, 0.15) is 37.4 Å². The molecule has 2 aromatic rings. The highest BCUT2D eigenvalue weighted by atomic mass is 35.5. The maximum absolute atomic E-state index is 12.9. The van der Waals surface area contributed by atoms with Crippen LogP contribution in [0.2, 0.25) is 5.02 Å². The van der Waals surface area contributed by atoms with Crippen molar-refractivity contribution in [2.45, 2.75) is 38.8 Å². The summed E-state index contributed by atoms with van der Waals surface area (Å²) in [6, 6.07) is 12.2. The van der Waals surface area contributed by atoms with Crippen LogP contribution < -0.4 is 14.4 Å². The van der Waals surface area contributed by atoms with Gasteiger partial charge in [0.25, 0.3) is 0 Å². The molecule has 1 aliphatic heterocycles. The number of nitrogens with zero attached hydrogens (tertiary/aromatic N) is 1. The molecule has 1 aliphatic rings. The Bertz CT molecular complexity index is 1040. The van der Waals surface area contributed by atoms with Gasteiger partial charge in [-0.2, -0.15) is 0 Å². The van der Waals surface area contributed by atoms with E-state index in [9.17, 15) is 13.2 Å². The zero-order valence-electron chi connectivity index (χ0n) is 16.9. The second kappa shape index (κ2) is 7.88. The molecule has 1 amide bonds. The number of ether oxygens (including phenoxy) is 1. The zero-order chi connectivity index (χ0) is 21.4. The molecule has 0 aromatic heterocycles. The molecule has 2 aromatic carbocycles. The number of aryl methyl sites for hydroxylation is 1. The highest BCUT2D eigenvalue weighted by Crippen LogP contribution is 2.39. The molecular formula is C21H25ClN2O4S. The Kier molecular flexibility index (Phi) is 5.83. The predicted octanol–water partition coefficient (Wildman–Crippen LogP) is 3.83. The van der Waals surface area contributed by atoms with E-state index in [4.69, 9.17) is 16.3 Å². The number of anilines is 1. The minimum atomic E-state index is -3.67. The summed E-state index contributed by atoms with van der Waals surface area (Å²) in [5.74, 6) is 0.338. The number of carbonyl (C=O) groups excluding carboxylic acids is 1. The molecule has 0 saturated heterocycles. The lowest BCUT2D eigenvalue weighted by atomic mass is 9.89. The van der Waals surface area contributed by atoms with E-state index in [1.165, 1.54) is 0 Å². The van der Waals surface area contributed by atoms with Crippen molar-refractivity contribution < 1.29 is 17.9 Å². The summed E-state index contributed by atoms with van der Waals surface area (Å²) in [6.07, 6.45) is 1.66. The van der Waals surface area contributed by atoms with Crippen LogP contribution in [-0.2, 0) is 14.8 Å². The summed E-state index contributed by atoms with van der Waals surface area (Å²) in [4.78, 5) is 12.9. The first-order valence-corrected chi connectivity index (χ1v) is 11.5. The van der Waals surface area contributed by atoms with Crippen molar-refractivity contribution in [1.29, 1.82) is 0 Å². The Morgan fingerprint density at radius 2 is 1.97 bits per heavy atom. The summed E-state index contributed by atoms with van der Waals surface area (Å²) in [7, 11) is -3.67. The van der Waals surface area contributed by atoms with Gasteiger partial charge in [0.1, 0.15) is 17.9 Å². The van der Waals surface area contributed by atoms with E-state index in [1.54, 1.807) is 25.1 Å². The molecule has 0 saturated carbocycles. The molecule has 0 bridgehead atoms. The molecule has 29 heavy (non-hydrogen) atoms. The van der Waals surface area contributed by atoms with E-state index in [0.29, 0.717) is 22.7 Å². The third-order valence-electron chi connectivity index (χ3n) is 4.83. The quantitative estimate of drug-likeness (QED) is 0.772. The lowest BCUT2D eigenvalue weighted by Gasteiger charge is -2.38. The fourth-order valence-corrected chi connectivity index (χ4v) is 4.72. The minimum Gasteiger partial charge on any atom is -0.487 e. The first-order chi connectivity index (χ1) is 13.5. The Balaban J connectivity index is 1.84. The monoisotopic (exact) mass is 436 g/mol. The van der Waals surface area contributed by atoms with Crippen LogP contribution in [0.5, 0.6) is 5.75 Å². The van der Waals surface area contributed by atoms with Gasteiger partial charge < -0.3 is 10.1 Å². The Morgan fingerprint density at radius 3 is 2.62 bits per heavy atom. The molecule has 6 nitrogen and oxygen atoms in total. The molecule has 1 N–H and O–H groups in total. The van der Waals surface area contributed by atoms with Crippen LogP contribution >= 0.6 is 11.6 Å². The van der Waals surface area contributed by atoms with Gasteiger partial charge in [0, 0.05) is 17.0 Å². The van der Waals surface area contributed by atoms with E-state index in [1.807, 2.05) is 38.1 Å². The molecule has 0 unspecified atom stereocenters. The molecule has 1 atom stereocenters. The third-order valence-corrected chi connectivity index (χ3v) is 6.19. The third kappa shape index (κ3) is 5.03. The van der Waals surface area contributed by atoms with Crippen LogP contribution in [0, 0.1) is 6.92 Å². The molecule has 0 radical (unpaired) electrons. The normalized spacial score (nSPS) is 17.8. The summed E-state index contributed by atoms with van der Waals surface area (Å²) in [5.41, 5.74) is 1.54. The van der Waals surface area contributed by atoms with Gasteiger partial charge in [0.05, 0.1) is 18.0 Å². The molecule has 1 heterocycles. The van der Waals surface area contributed by atoms with Gasteiger partial charge in [-0.25, -0.2) is 8.42 Å². The summed E-state index contributed by atoms with van der Waals surface area (Å²) >= 11 is 5.99. The second-order valence-electron chi connectivity index (χ2n) is 7.92. The van der Waals surface area contributed by atoms with Crippen molar-refractivity contribution in [3.63, 3.8) is 0 Å². The number of benzene rings is 2. The van der Waals surface area contributed by atoms with Crippen molar-refractivity contribution >= 4 is 33.2 Å². The zero-order valence-corrected chi connectivity index (χ0v) is 18.5. The minimum absolute atomic E-state index is 0.268. The summed E-state index contributed by atoms with van der Waals surface area (Å²) in [6.45, 7) is 5.36. The predicted molar refractivity (Wildman–Crippen MR) is 115 cm³/mol. The number of amides is 1. The highest BCUT2D eigenvalue weighted by Gasteiger charge is 2.35. The number of rotatable bonds is 5. The second-order valence-corrected chi connectivity index (χ2v) is 10.3. The van der Waals surface area contributed by atoms with Crippen LogP contribution in [0.3, 0.4) is 0 Å². The Hall–Kier alpha value is -2.25. The standard InChI is InChI=1S/C21H25ClN2O4S/c1-14-11-15(22)9-10-18(14)24(29(4,26)27)13-20(25)23-17-12-21(2,3)28-19-8-6-5-7-16(17)19/h5-11,17H,12-13H2,1-4H3,(H,23,25)/t17-/m1/s1. The number of fused-ring (bicyclic) bond motifs is 1. The summed E-state index contributed by atoms with van der Waals surface area (Å²) in [5, 5.41) is 3.49. The average molecular weight is 437 g/mol. The molecule has 3 rings (SSSR count). The maximum atomic E-state index is 12.9. The van der Waals surface area contributed by atoms with E-state index >= 15 is 0 Å². The van der Waals surface area contributed by atoms with Crippen molar-refractivity contribution in [3.8, 4) is 5.75 Å². The van der Waals surface area contributed by atoms with Crippen LogP contribution in [-0.4, -0.2) is 32.7 Å². The van der Waals surface area contributed by atoms with Gasteiger partial charge in [-0.15, -0.1) is 0 Å². The fourth-order valence-electron chi connectivity index (χ4n) is 3.58. The number of halogens is 1. The van der Waals surface area contributed by atoms with E-state index < -0.39 is 15.6 Å². The Labute approximate surface area is 176 Å². The van der Waals surface area contributed by atoms with Crippen molar-refractivity contribution in [1.82, 2.24) is 5.32 Å². The maximum Gasteiger partial charge on any atom is 0.241 e. The number of carbonyl (C=O) groups is 1. The van der Waals surface area contributed by atoms with Crippen molar-refractivity contribution in [2.24, 2.45) is 0 Å². The lowest BCUT2D eigenvalue weighted by molar-refractivity contribution is -0.120. The van der Waals surface area contributed by atoms with Crippen molar-refractivity contribution in [2.75, 3.05) is 17.1 Å². The van der Waals surface area contributed by atoms with Crippen LogP contribution in [0.4, 0.5) is 5.69 Å². The first-order valence-electron chi connectivity index (χ1n) is 9.27. The molecule has 0 spiro atoms. The lowest BCUT2D eigenvalue weighted by Crippen LogP contribution is -2.45. The number of hydrogen-bond donors (Lipinski definition) is 1. The molecule has 0 aliphatic carbocycles. The van der Waals surface area contributed by atoms with E-state index in [-0.39, 0.29) is 18.5 Å². The van der Waals surface area contributed by atoms with Gasteiger partial charge >= 0.3 is 0 Å². The van der Waals surface area contributed by atoms with Gasteiger partial charge in [0.15, 0.2) is 0 Å². The smallest absolute Gasteiger partial charge is 0.241 e. The molecule has 0 fully saturated rings. The fraction of sp³-hybridized carbons (Fsp3) is 0.381. The van der Waals surface area contributed by atoms with Crippen molar-refractivity contribution in [3.05, 3.63) is 58.6 Å². The largest absolute Gasteiger partial charge is 0.487 e. The van der Waals surface area contributed by atoms with Gasteiger partial charge in [-0.05, 0) is 50.6 Å². The number of para-hydroxylation sites is 1. The molecular weight excluding hydrogens is 412 g/mol. The van der Waals surface area contributed by atoms with Gasteiger partial charge in [0.2, 0.25) is 15.9 Å². The van der Waals surface area contributed by atoms with Crippen LogP contribution in [0.15, 0.2) is 42.5 Å². The number of hydrogen-bond acceptors (Lipinski definition) is 4. The molecule has 8 heteroatoms. The molecule has 156 valence electrons. The Morgan fingerprint density at radius 1 is 1.28 bits per heavy atom.